The molecule has 21 heavy (non-hydrogen) atoms. The minimum atomic E-state index is 0.0805. The largest absolute Gasteiger partial charge is 0.384 e. The molecule has 0 bridgehead atoms. The van der Waals surface area contributed by atoms with Crippen LogP contribution in [0.2, 0.25) is 0 Å². The van der Waals surface area contributed by atoms with Crippen LogP contribution in [0.3, 0.4) is 0 Å². The minimum Gasteiger partial charge on any atom is -0.384 e. The molecule has 5 nitrogen and oxygen atoms in total. The molecule has 0 atom stereocenters. The number of nitrogens with one attached hydrogen (secondary N) is 2. The van der Waals surface area contributed by atoms with Crippen LogP contribution < -0.4 is 11.1 Å². The smallest absolute Gasteiger partial charge is 0.128 e. The number of nitrogens with zero attached hydrogens (tertiary/aromatic N) is 2. The molecule has 2 aromatic carbocycles. The van der Waals surface area contributed by atoms with E-state index in [9.17, 15) is 0 Å². The molecule has 0 radical (unpaired) electrons. The average Bonchev–Trinajstić information content (AvgIpc) is 2.82. The Morgan fingerprint density at radius 3 is 2.57 bits per heavy atom. The molecule has 1 aromatic heterocycles. The highest BCUT2D eigenvalue weighted by Gasteiger charge is 2.06. The molecule has 3 aromatic rings. The summed E-state index contributed by atoms with van der Waals surface area (Å²) in [7, 11) is 2.02. The number of fused-ring (bicyclic) bond motifs is 1. The topological polar surface area (TPSA) is 79.7 Å². The SMILES string of the molecule is Cn1c(CNc2ccc(C(=N)N)cc2)nc2ccccc21. The Bertz CT molecular complexity index is 786. The van der Waals surface area contributed by atoms with Gasteiger partial charge in [-0.15, -0.1) is 0 Å². The van der Waals surface area contributed by atoms with Crippen LogP contribution in [0.25, 0.3) is 11.0 Å². The average molecular weight is 279 g/mol. The number of rotatable bonds is 4. The lowest BCUT2D eigenvalue weighted by Crippen LogP contribution is -2.11. The van der Waals surface area contributed by atoms with E-state index in [1.165, 1.54) is 0 Å². The van der Waals surface area contributed by atoms with Crippen molar-refractivity contribution in [2.24, 2.45) is 12.8 Å². The predicted molar refractivity (Wildman–Crippen MR) is 85.5 cm³/mol. The predicted octanol–water partition coefficient (Wildman–Crippen LogP) is 2.47. The summed E-state index contributed by atoms with van der Waals surface area (Å²) in [5.41, 5.74) is 9.27. The summed E-state index contributed by atoms with van der Waals surface area (Å²) in [5, 5.41) is 10.7. The van der Waals surface area contributed by atoms with Gasteiger partial charge in [-0.05, 0) is 36.4 Å². The number of imidazole rings is 1. The zero-order chi connectivity index (χ0) is 14.8. The molecule has 0 amide bonds. The summed E-state index contributed by atoms with van der Waals surface area (Å²) in [6.45, 7) is 0.643. The fourth-order valence-corrected chi connectivity index (χ4v) is 2.30. The summed E-state index contributed by atoms with van der Waals surface area (Å²) in [6, 6.07) is 15.6. The van der Waals surface area contributed by atoms with Crippen molar-refractivity contribution in [2.75, 3.05) is 5.32 Å². The van der Waals surface area contributed by atoms with E-state index in [2.05, 4.69) is 20.9 Å². The van der Waals surface area contributed by atoms with Crippen molar-refractivity contribution in [3.05, 3.63) is 59.9 Å². The van der Waals surface area contributed by atoms with E-state index in [0.29, 0.717) is 6.54 Å². The number of benzene rings is 2. The van der Waals surface area contributed by atoms with E-state index < -0.39 is 0 Å². The minimum absolute atomic E-state index is 0.0805. The van der Waals surface area contributed by atoms with Crippen molar-refractivity contribution < 1.29 is 0 Å². The first-order valence-electron chi connectivity index (χ1n) is 6.74. The Morgan fingerprint density at radius 1 is 1.19 bits per heavy atom. The molecule has 0 fully saturated rings. The van der Waals surface area contributed by atoms with Crippen molar-refractivity contribution in [3.8, 4) is 0 Å². The van der Waals surface area contributed by atoms with Crippen molar-refractivity contribution in [1.82, 2.24) is 9.55 Å². The molecule has 106 valence electrons. The second-order valence-corrected chi connectivity index (χ2v) is 4.92. The maximum absolute atomic E-state index is 7.38. The highest BCUT2D eigenvalue weighted by atomic mass is 15.1. The van der Waals surface area contributed by atoms with Crippen LogP contribution >= 0.6 is 0 Å². The van der Waals surface area contributed by atoms with Gasteiger partial charge in [0.05, 0.1) is 17.6 Å². The van der Waals surface area contributed by atoms with Crippen LogP contribution in [-0.2, 0) is 13.6 Å². The number of hydrogen-bond acceptors (Lipinski definition) is 3. The number of nitrogens with two attached hydrogens (primary N) is 1. The van der Waals surface area contributed by atoms with Gasteiger partial charge in [0.2, 0.25) is 0 Å². The van der Waals surface area contributed by atoms with Crippen LogP contribution in [0, 0.1) is 5.41 Å². The van der Waals surface area contributed by atoms with Gasteiger partial charge in [-0.2, -0.15) is 0 Å². The summed E-state index contributed by atoms with van der Waals surface area (Å²) < 4.78 is 2.09. The maximum Gasteiger partial charge on any atom is 0.128 e. The summed E-state index contributed by atoms with van der Waals surface area (Å²) in [4.78, 5) is 4.62. The zero-order valence-electron chi connectivity index (χ0n) is 11.8. The van der Waals surface area contributed by atoms with E-state index in [1.54, 1.807) is 0 Å². The first kappa shape index (κ1) is 13.2. The first-order chi connectivity index (χ1) is 10.1. The van der Waals surface area contributed by atoms with Crippen molar-refractivity contribution >= 4 is 22.6 Å². The van der Waals surface area contributed by atoms with E-state index in [4.69, 9.17) is 11.1 Å². The molecule has 0 aliphatic carbocycles. The number of amidine groups is 1. The van der Waals surface area contributed by atoms with Crippen molar-refractivity contribution in [3.63, 3.8) is 0 Å². The van der Waals surface area contributed by atoms with Crippen LogP contribution in [-0.4, -0.2) is 15.4 Å². The van der Waals surface area contributed by atoms with Gasteiger partial charge in [-0.1, -0.05) is 12.1 Å². The van der Waals surface area contributed by atoms with Crippen LogP contribution in [0.5, 0.6) is 0 Å². The quantitative estimate of drug-likeness (QED) is 0.507. The summed E-state index contributed by atoms with van der Waals surface area (Å²) in [5.74, 6) is 1.06. The van der Waals surface area contributed by atoms with Gasteiger partial charge >= 0.3 is 0 Å². The van der Waals surface area contributed by atoms with Gasteiger partial charge in [0, 0.05) is 18.3 Å². The van der Waals surface area contributed by atoms with E-state index >= 15 is 0 Å². The third kappa shape index (κ3) is 2.58. The zero-order valence-corrected chi connectivity index (χ0v) is 11.8. The molecular formula is C16H17N5. The molecule has 3 rings (SSSR count). The Hall–Kier alpha value is -2.82. The molecule has 0 saturated heterocycles. The molecule has 0 aliphatic heterocycles. The molecular weight excluding hydrogens is 262 g/mol. The summed E-state index contributed by atoms with van der Waals surface area (Å²) >= 11 is 0. The highest BCUT2D eigenvalue weighted by Crippen LogP contribution is 2.16. The monoisotopic (exact) mass is 279 g/mol. The number of nitrogen functional groups attached to an aromatic ring is 1. The third-order valence-electron chi connectivity index (χ3n) is 3.53. The molecule has 4 N–H and O–H groups in total. The van der Waals surface area contributed by atoms with Crippen molar-refractivity contribution in [1.29, 1.82) is 5.41 Å². The van der Waals surface area contributed by atoms with Gasteiger partial charge in [0.15, 0.2) is 0 Å². The molecule has 0 aliphatic rings. The Kier molecular flexibility index (Phi) is 3.31. The highest BCUT2D eigenvalue weighted by molar-refractivity contribution is 5.95. The lowest BCUT2D eigenvalue weighted by Gasteiger charge is -2.07. The van der Waals surface area contributed by atoms with Gasteiger partial charge in [-0.3, -0.25) is 5.41 Å². The van der Waals surface area contributed by atoms with Gasteiger partial charge in [-0.25, -0.2) is 4.98 Å². The maximum atomic E-state index is 7.38. The number of aromatic nitrogens is 2. The normalized spacial score (nSPS) is 10.7. The van der Waals surface area contributed by atoms with Gasteiger partial charge in [0.1, 0.15) is 11.7 Å². The Labute approximate surface area is 122 Å². The lowest BCUT2D eigenvalue weighted by atomic mass is 10.2. The fraction of sp³-hybridized carbons (Fsp3) is 0.125. The van der Waals surface area contributed by atoms with Crippen molar-refractivity contribution in [2.45, 2.75) is 6.54 Å². The molecule has 5 heteroatoms. The fourth-order valence-electron chi connectivity index (χ4n) is 2.30. The van der Waals surface area contributed by atoms with Crippen LogP contribution in [0.1, 0.15) is 11.4 Å². The van der Waals surface area contributed by atoms with Gasteiger partial charge in [0.25, 0.3) is 0 Å². The Balaban J connectivity index is 1.77. The molecule has 0 saturated carbocycles. The Morgan fingerprint density at radius 2 is 1.90 bits per heavy atom. The van der Waals surface area contributed by atoms with Gasteiger partial charge < -0.3 is 15.6 Å². The number of para-hydroxylation sites is 2. The third-order valence-corrected chi connectivity index (χ3v) is 3.53. The van der Waals surface area contributed by atoms with E-state index in [0.717, 1.165) is 28.1 Å². The second-order valence-electron chi connectivity index (χ2n) is 4.92. The number of aryl methyl sites for hydroxylation is 1. The van der Waals surface area contributed by atoms with Crippen LogP contribution in [0.15, 0.2) is 48.5 Å². The standard InChI is InChI=1S/C16H17N5/c1-21-14-5-3-2-4-13(14)20-15(21)10-19-12-8-6-11(7-9-12)16(17)18/h2-9,19H,10H2,1H3,(H3,17,18). The molecule has 0 spiro atoms. The first-order valence-corrected chi connectivity index (χ1v) is 6.74. The second kappa shape index (κ2) is 5.28. The van der Waals surface area contributed by atoms with E-state index in [1.807, 2.05) is 49.5 Å². The molecule has 1 heterocycles. The number of hydrogen-bond donors (Lipinski definition) is 3. The summed E-state index contributed by atoms with van der Waals surface area (Å²) in [6.07, 6.45) is 0. The molecule has 0 unspecified atom stereocenters. The number of anilines is 1. The van der Waals surface area contributed by atoms with Crippen LogP contribution in [0.4, 0.5) is 5.69 Å². The lowest BCUT2D eigenvalue weighted by molar-refractivity contribution is 0.834. The van der Waals surface area contributed by atoms with E-state index in [-0.39, 0.29) is 5.84 Å².